The summed E-state index contributed by atoms with van der Waals surface area (Å²) in [5.41, 5.74) is 2.40. The van der Waals surface area contributed by atoms with Gasteiger partial charge in [0, 0.05) is 18.4 Å². The molecule has 3 aromatic rings. The number of anilines is 2. The van der Waals surface area contributed by atoms with E-state index in [4.69, 9.17) is 0 Å². The highest BCUT2D eigenvalue weighted by Crippen LogP contribution is 2.15. The Bertz CT molecular complexity index is 852. The molecular weight excluding hydrogens is 317 g/mol. The third-order valence-corrected chi connectivity index (χ3v) is 3.70. The largest absolute Gasteiger partial charge is 0.385 e. The van der Waals surface area contributed by atoms with Gasteiger partial charge >= 0.3 is 0 Å². The summed E-state index contributed by atoms with van der Waals surface area (Å²) in [5, 5.41) is 5.80. The number of hydrogen-bond acceptors (Lipinski definition) is 3. The van der Waals surface area contributed by atoms with Gasteiger partial charge in [0.15, 0.2) is 0 Å². The van der Waals surface area contributed by atoms with Crippen molar-refractivity contribution in [3.05, 3.63) is 90.0 Å². The van der Waals surface area contributed by atoms with Crippen molar-refractivity contribution in [2.45, 2.75) is 6.42 Å². The zero-order valence-electron chi connectivity index (χ0n) is 13.6. The molecule has 25 heavy (non-hydrogen) atoms. The Balaban J connectivity index is 1.61. The summed E-state index contributed by atoms with van der Waals surface area (Å²) in [6.07, 6.45) is 2.43. The number of rotatable bonds is 6. The quantitative estimate of drug-likeness (QED) is 0.712. The van der Waals surface area contributed by atoms with Crippen molar-refractivity contribution in [2.75, 3.05) is 17.2 Å². The van der Waals surface area contributed by atoms with Crippen LogP contribution in [-0.4, -0.2) is 17.4 Å². The number of hydrogen-bond donors (Lipinski definition) is 2. The van der Waals surface area contributed by atoms with Gasteiger partial charge < -0.3 is 10.6 Å². The molecule has 0 aliphatic carbocycles. The second-order valence-electron chi connectivity index (χ2n) is 5.53. The van der Waals surface area contributed by atoms with E-state index in [9.17, 15) is 9.18 Å². The summed E-state index contributed by atoms with van der Waals surface area (Å²) in [7, 11) is 0. The number of carbonyl (C=O) groups is 1. The lowest BCUT2D eigenvalue weighted by Gasteiger charge is -2.09. The first-order chi connectivity index (χ1) is 12.2. The molecule has 0 aliphatic heterocycles. The zero-order valence-corrected chi connectivity index (χ0v) is 13.6. The van der Waals surface area contributed by atoms with Crippen molar-refractivity contribution in [3.8, 4) is 0 Å². The molecule has 0 spiro atoms. The van der Waals surface area contributed by atoms with Crippen LogP contribution in [0.2, 0.25) is 0 Å². The predicted octanol–water partition coefficient (Wildman–Crippen LogP) is 4.13. The molecular formula is C20H18FN3O. The average molecular weight is 335 g/mol. The van der Waals surface area contributed by atoms with Gasteiger partial charge in [-0.1, -0.05) is 42.5 Å². The maximum absolute atomic E-state index is 13.6. The Kier molecular flexibility index (Phi) is 5.36. The van der Waals surface area contributed by atoms with Gasteiger partial charge in [-0.25, -0.2) is 4.39 Å². The van der Waals surface area contributed by atoms with Crippen molar-refractivity contribution in [1.82, 2.24) is 4.98 Å². The minimum atomic E-state index is -0.479. The van der Waals surface area contributed by atoms with Gasteiger partial charge in [-0.3, -0.25) is 9.78 Å². The van der Waals surface area contributed by atoms with Crippen LogP contribution in [0.5, 0.6) is 0 Å². The van der Waals surface area contributed by atoms with E-state index in [0.29, 0.717) is 0 Å². The number of nitrogens with zero attached hydrogens (tertiary/aromatic N) is 1. The molecule has 3 rings (SSSR count). The molecule has 0 saturated heterocycles. The molecule has 0 atom stereocenters. The average Bonchev–Trinajstić information content (AvgIpc) is 2.65. The summed E-state index contributed by atoms with van der Waals surface area (Å²) >= 11 is 0. The fraction of sp³-hybridized carbons (Fsp3) is 0.100. The molecule has 1 heterocycles. The Labute approximate surface area is 145 Å². The first-order valence-electron chi connectivity index (χ1n) is 8.02. The summed E-state index contributed by atoms with van der Waals surface area (Å²) in [6.45, 7) is 0.738. The van der Waals surface area contributed by atoms with Gasteiger partial charge in [-0.2, -0.15) is 0 Å². The highest BCUT2D eigenvalue weighted by atomic mass is 19.1. The van der Waals surface area contributed by atoms with Crippen molar-refractivity contribution in [1.29, 1.82) is 0 Å². The van der Waals surface area contributed by atoms with Gasteiger partial charge in [0.2, 0.25) is 0 Å². The number of amides is 1. The molecule has 0 aliphatic rings. The van der Waals surface area contributed by atoms with E-state index < -0.39 is 11.7 Å². The van der Waals surface area contributed by atoms with E-state index in [0.717, 1.165) is 18.7 Å². The molecule has 2 N–H and O–H groups in total. The third kappa shape index (κ3) is 4.64. The van der Waals surface area contributed by atoms with Gasteiger partial charge in [0.05, 0.1) is 5.69 Å². The van der Waals surface area contributed by atoms with Crippen molar-refractivity contribution >= 4 is 17.3 Å². The Hall–Kier alpha value is -3.21. The van der Waals surface area contributed by atoms with Crippen LogP contribution in [0.15, 0.2) is 72.9 Å². The van der Waals surface area contributed by atoms with E-state index >= 15 is 0 Å². The number of nitrogens with one attached hydrogen (secondary N) is 2. The first-order valence-corrected chi connectivity index (χ1v) is 8.02. The fourth-order valence-electron chi connectivity index (χ4n) is 2.41. The van der Waals surface area contributed by atoms with Crippen LogP contribution in [0.4, 0.5) is 15.8 Å². The van der Waals surface area contributed by atoms with Crippen LogP contribution in [-0.2, 0) is 6.42 Å². The van der Waals surface area contributed by atoms with Crippen molar-refractivity contribution < 1.29 is 9.18 Å². The lowest BCUT2D eigenvalue weighted by molar-refractivity contribution is 0.102. The predicted molar refractivity (Wildman–Crippen MR) is 97.2 cm³/mol. The molecule has 4 nitrogen and oxygen atoms in total. The van der Waals surface area contributed by atoms with Gasteiger partial charge in [0.1, 0.15) is 11.5 Å². The number of carbonyl (C=O) groups excluding carboxylic acids is 1. The number of halogens is 1. The fourth-order valence-corrected chi connectivity index (χ4v) is 2.41. The smallest absolute Gasteiger partial charge is 0.274 e. The van der Waals surface area contributed by atoms with Gasteiger partial charge in [-0.05, 0) is 36.2 Å². The van der Waals surface area contributed by atoms with Crippen LogP contribution in [0, 0.1) is 5.82 Å². The maximum Gasteiger partial charge on any atom is 0.274 e. The minimum Gasteiger partial charge on any atom is -0.385 e. The van der Waals surface area contributed by atoms with E-state index in [1.807, 2.05) is 18.2 Å². The molecule has 0 saturated carbocycles. The Morgan fingerprint density at radius 2 is 1.76 bits per heavy atom. The Morgan fingerprint density at radius 1 is 1.00 bits per heavy atom. The molecule has 1 amide bonds. The number of benzene rings is 2. The molecule has 5 heteroatoms. The van der Waals surface area contributed by atoms with Crippen LogP contribution >= 0.6 is 0 Å². The van der Waals surface area contributed by atoms with Crippen molar-refractivity contribution in [3.63, 3.8) is 0 Å². The van der Waals surface area contributed by atoms with Gasteiger partial charge in [0.25, 0.3) is 5.91 Å². The summed E-state index contributed by atoms with van der Waals surface area (Å²) in [5.74, 6) is -0.926. The van der Waals surface area contributed by atoms with Crippen LogP contribution in [0.25, 0.3) is 0 Å². The number of para-hydroxylation sites is 1. The second-order valence-corrected chi connectivity index (χ2v) is 5.53. The summed E-state index contributed by atoms with van der Waals surface area (Å²) in [6, 6.07) is 19.6. The van der Waals surface area contributed by atoms with Gasteiger partial charge in [-0.15, -0.1) is 0 Å². The highest BCUT2D eigenvalue weighted by Gasteiger charge is 2.10. The third-order valence-electron chi connectivity index (χ3n) is 3.70. The zero-order chi connectivity index (χ0) is 17.5. The topological polar surface area (TPSA) is 54.0 Å². The Morgan fingerprint density at radius 3 is 2.56 bits per heavy atom. The van der Waals surface area contributed by atoms with Crippen LogP contribution in [0.3, 0.4) is 0 Å². The molecule has 0 unspecified atom stereocenters. The molecule has 0 radical (unpaired) electrons. The first kappa shape index (κ1) is 16.6. The second kappa shape index (κ2) is 8.06. The minimum absolute atomic E-state index is 0.136. The number of aromatic nitrogens is 1. The van der Waals surface area contributed by atoms with E-state index in [1.165, 1.54) is 17.7 Å². The molecule has 1 aromatic heterocycles. The summed E-state index contributed by atoms with van der Waals surface area (Å²) in [4.78, 5) is 16.3. The standard InChI is InChI=1S/C20H18FN3O/c21-17-8-4-5-9-18(17)24-20(25)19-14-16(11-13-23-19)22-12-10-15-6-2-1-3-7-15/h1-9,11,13-14H,10,12H2,(H,22,23)(H,24,25). The number of pyridine rings is 1. The SMILES string of the molecule is O=C(Nc1ccccc1F)c1cc(NCCc2ccccc2)ccn1. The lowest BCUT2D eigenvalue weighted by Crippen LogP contribution is -2.15. The van der Waals surface area contributed by atoms with Crippen molar-refractivity contribution in [2.24, 2.45) is 0 Å². The molecule has 0 bridgehead atoms. The molecule has 2 aromatic carbocycles. The van der Waals surface area contributed by atoms with E-state index in [2.05, 4.69) is 27.8 Å². The van der Waals surface area contributed by atoms with E-state index in [1.54, 1.807) is 30.5 Å². The van der Waals surface area contributed by atoms with E-state index in [-0.39, 0.29) is 11.4 Å². The maximum atomic E-state index is 13.6. The summed E-state index contributed by atoms with van der Waals surface area (Å²) < 4.78 is 13.6. The molecule has 126 valence electrons. The lowest BCUT2D eigenvalue weighted by atomic mass is 10.1. The normalized spacial score (nSPS) is 10.3. The monoisotopic (exact) mass is 335 g/mol. The van der Waals surface area contributed by atoms with Crippen LogP contribution in [0.1, 0.15) is 16.1 Å². The highest BCUT2D eigenvalue weighted by molar-refractivity contribution is 6.03. The molecule has 0 fully saturated rings. The van der Waals surface area contributed by atoms with Crippen LogP contribution < -0.4 is 10.6 Å².